The van der Waals surface area contributed by atoms with Crippen molar-refractivity contribution in [2.45, 2.75) is 65.0 Å². The molecule has 4 heteroatoms. The molecule has 1 heterocycles. The van der Waals surface area contributed by atoms with Crippen LogP contribution in [0.2, 0.25) is 0 Å². The van der Waals surface area contributed by atoms with E-state index in [-0.39, 0.29) is 12.0 Å². The van der Waals surface area contributed by atoms with E-state index >= 15 is 0 Å². The molecule has 1 amide bonds. The molecule has 1 aromatic carbocycles. The molecule has 132 valence electrons. The Morgan fingerprint density at radius 3 is 2.67 bits per heavy atom. The van der Waals surface area contributed by atoms with Gasteiger partial charge in [0.2, 0.25) is 0 Å². The Balaban J connectivity index is 1.66. The van der Waals surface area contributed by atoms with Crippen LogP contribution in [0, 0.1) is 5.92 Å². The third-order valence-electron chi connectivity index (χ3n) is 4.87. The summed E-state index contributed by atoms with van der Waals surface area (Å²) < 4.78 is 11.5. The van der Waals surface area contributed by atoms with Crippen molar-refractivity contribution in [1.29, 1.82) is 0 Å². The van der Waals surface area contributed by atoms with Gasteiger partial charge in [-0.15, -0.1) is 0 Å². The molecular formula is C20H29NO3. The van der Waals surface area contributed by atoms with Gasteiger partial charge in [0.05, 0.1) is 6.61 Å². The Morgan fingerprint density at radius 2 is 2.04 bits per heavy atom. The highest BCUT2D eigenvalue weighted by Crippen LogP contribution is 2.33. The summed E-state index contributed by atoms with van der Waals surface area (Å²) in [5.41, 5.74) is 2.02. The fourth-order valence-corrected chi connectivity index (χ4v) is 3.30. The van der Waals surface area contributed by atoms with E-state index in [0.29, 0.717) is 13.1 Å². The number of hydrogen-bond donors (Lipinski definition) is 0. The van der Waals surface area contributed by atoms with Crippen molar-refractivity contribution < 1.29 is 14.3 Å². The van der Waals surface area contributed by atoms with Crippen LogP contribution in [-0.4, -0.2) is 29.7 Å². The molecule has 1 unspecified atom stereocenters. The number of ether oxygens (including phenoxy) is 2. The van der Waals surface area contributed by atoms with Gasteiger partial charge >= 0.3 is 6.09 Å². The highest BCUT2D eigenvalue weighted by atomic mass is 16.6. The van der Waals surface area contributed by atoms with E-state index in [0.717, 1.165) is 18.3 Å². The lowest BCUT2D eigenvalue weighted by Crippen LogP contribution is -2.41. The summed E-state index contributed by atoms with van der Waals surface area (Å²) in [6, 6.07) is 6.28. The maximum absolute atomic E-state index is 12.3. The van der Waals surface area contributed by atoms with Crippen LogP contribution in [0.25, 0.3) is 0 Å². The zero-order chi connectivity index (χ0) is 17.3. The van der Waals surface area contributed by atoms with Crippen LogP contribution >= 0.6 is 0 Å². The van der Waals surface area contributed by atoms with E-state index in [4.69, 9.17) is 9.47 Å². The minimum atomic E-state index is -0.459. The van der Waals surface area contributed by atoms with Crippen molar-refractivity contribution >= 4 is 6.09 Å². The van der Waals surface area contributed by atoms with Gasteiger partial charge in [0.25, 0.3) is 0 Å². The van der Waals surface area contributed by atoms with E-state index in [1.165, 1.54) is 30.4 Å². The highest BCUT2D eigenvalue weighted by Gasteiger charge is 2.29. The predicted molar refractivity (Wildman–Crippen MR) is 94.3 cm³/mol. The van der Waals surface area contributed by atoms with Gasteiger partial charge in [0, 0.05) is 13.1 Å². The first-order chi connectivity index (χ1) is 11.3. The second-order valence-corrected chi connectivity index (χ2v) is 8.23. The lowest BCUT2D eigenvalue weighted by Gasteiger charge is -2.34. The molecule has 0 saturated heterocycles. The molecule has 1 fully saturated rings. The molecule has 0 aromatic heterocycles. The lowest BCUT2D eigenvalue weighted by atomic mass is 9.86. The van der Waals surface area contributed by atoms with E-state index in [1.54, 1.807) is 4.90 Å². The highest BCUT2D eigenvalue weighted by molar-refractivity contribution is 5.69. The molecule has 0 radical (unpaired) electrons. The summed E-state index contributed by atoms with van der Waals surface area (Å²) >= 11 is 0. The van der Waals surface area contributed by atoms with Gasteiger partial charge in [-0.05, 0) is 68.7 Å². The number of nitrogens with zero attached hydrogens (tertiary/aromatic N) is 1. The molecule has 1 atom stereocenters. The van der Waals surface area contributed by atoms with Gasteiger partial charge in [0.15, 0.2) is 0 Å². The number of amides is 1. The van der Waals surface area contributed by atoms with Gasteiger partial charge < -0.3 is 14.4 Å². The summed E-state index contributed by atoms with van der Waals surface area (Å²) in [7, 11) is 0. The molecular weight excluding hydrogens is 302 g/mol. The standard InChI is InChI=1S/C20H29NO3/c1-14-11-21(19(22)24-20(2,3)4)12-16-8-9-17(10-18(14)16)23-13-15-6-5-7-15/h8-10,14-15H,5-7,11-13H2,1-4H3. The maximum atomic E-state index is 12.3. The van der Waals surface area contributed by atoms with Gasteiger partial charge in [-0.2, -0.15) is 0 Å². The quantitative estimate of drug-likeness (QED) is 0.804. The first-order valence-electron chi connectivity index (χ1n) is 9.05. The smallest absolute Gasteiger partial charge is 0.410 e. The third-order valence-corrected chi connectivity index (χ3v) is 4.87. The summed E-state index contributed by atoms with van der Waals surface area (Å²) in [4.78, 5) is 14.1. The van der Waals surface area contributed by atoms with Crippen LogP contribution in [0.3, 0.4) is 0 Å². The largest absolute Gasteiger partial charge is 0.493 e. The normalized spacial score (nSPS) is 21.0. The first kappa shape index (κ1) is 17.1. The van der Waals surface area contributed by atoms with Crippen LogP contribution in [0.4, 0.5) is 4.79 Å². The summed E-state index contributed by atoms with van der Waals surface area (Å²) in [5, 5.41) is 0. The Kier molecular flexibility index (Phi) is 4.75. The Labute approximate surface area is 145 Å². The maximum Gasteiger partial charge on any atom is 0.410 e. The minimum absolute atomic E-state index is 0.231. The van der Waals surface area contributed by atoms with Crippen molar-refractivity contribution in [3.63, 3.8) is 0 Å². The van der Waals surface area contributed by atoms with Crippen molar-refractivity contribution in [2.24, 2.45) is 5.92 Å². The first-order valence-corrected chi connectivity index (χ1v) is 9.05. The molecule has 3 rings (SSSR count). The van der Waals surface area contributed by atoms with Crippen molar-refractivity contribution in [3.8, 4) is 5.75 Å². The zero-order valence-electron chi connectivity index (χ0n) is 15.3. The Bertz CT molecular complexity index is 601. The van der Waals surface area contributed by atoms with Crippen molar-refractivity contribution in [3.05, 3.63) is 29.3 Å². The monoisotopic (exact) mass is 331 g/mol. The fourth-order valence-electron chi connectivity index (χ4n) is 3.30. The summed E-state index contributed by atoms with van der Waals surface area (Å²) in [6.45, 7) is 9.99. The van der Waals surface area contributed by atoms with Crippen LogP contribution < -0.4 is 4.74 Å². The van der Waals surface area contributed by atoms with Crippen LogP contribution in [0.1, 0.15) is 64.0 Å². The molecule has 2 aliphatic rings. The molecule has 0 spiro atoms. The SMILES string of the molecule is CC1CN(C(=O)OC(C)(C)C)Cc2ccc(OCC3CCC3)cc21. The number of carbonyl (C=O) groups excluding carboxylic acids is 1. The van der Waals surface area contributed by atoms with E-state index in [2.05, 4.69) is 19.1 Å². The van der Waals surface area contributed by atoms with Gasteiger partial charge in [-0.25, -0.2) is 4.79 Å². The molecule has 1 aliphatic carbocycles. The van der Waals surface area contributed by atoms with Crippen molar-refractivity contribution in [2.75, 3.05) is 13.2 Å². The number of hydrogen-bond acceptors (Lipinski definition) is 3. The lowest BCUT2D eigenvalue weighted by molar-refractivity contribution is 0.0209. The summed E-state index contributed by atoms with van der Waals surface area (Å²) in [6.07, 6.45) is 3.71. The van der Waals surface area contributed by atoms with Crippen LogP contribution in [0.5, 0.6) is 5.75 Å². The van der Waals surface area contributed by atoms with Crippen LogP contribution in [0.15, 0.2) is 18.2 Å². The predicted octanol–water partition coefficient (Wildman–Crippen LogP) is 4.72. The topological polar surface area (TPSA) is 38.8 Å². The third kappa shape index (κ3) is 4.03. The van der Waals surface area contributed by atoms with Crippen LogP contribution in [-0.2, 0) is 11.3 Å². The number of carbonyl (C=O) groups is 1. The van der Waals surface area contributed by atoms with E-state index in [1.807, 2.05) is 26.8 Å². The molecule has 1 aliphatic heterocycles. The average Bonchev–Trinajstić information content (AvgIpc) is 2.44. The summed E-state index contributed by atoms with van der Waals surface area (Å²) in [5.74, 6) is 1.98. The molecule has 4 nitrogen and oxygen atoms in total. The molecule has 1 aromatic rings. The number of fused-ring (bicyclic) bond motifs is 1. The second-order valence-electron chi connectivity index (χ2n) is 8.23. The molecule has 1 saturated carbocycles. The van der Waals surface area contributed by atoms with Gasteiger partial charge in [0.1, 0.15) is 11.4 Å². The Hall–Kier alpha value is -1.71. The fraction of sp³-hybridized carbons (Fsp3) is 0.650. The zero-order valence-corrected chi connectivity index (χ0v) is 15.3. The molecule has 0 N–H and O–H groups in total. The average molecular weight is 331 g/mol. The molecule has 0 bridgehead atoms. The van der Waals surface area contributed by atoms with E-state index in [9.17, 15) is 4.79 Å². The van der Waals surface area contributed by atoms with Crippen molar-refractivity contribution in [1.82, 2.24) is 4.90 Å². The second kappa shape index (κ2) is 6.66. The number of rotatable bonds is 3. The van der Waals surface area contributed by atoms with Gasteiger partial charge in [-0.3, -0.25) is 0 Å². The van der Waals surface area contributed by atoms with E-state index < -0.39 is 5.60 Å². The Morgan fingerprint density at radius 1 is 1.29 bits per heavy atom. The molecule has 24 heavy (non-hydrogen) atoms. The van der Waals surface area contributed by atoms with Gasteiger partial charge in [-0.1, -0.05) is 19.4 Å². The number of benzene rings is 1. The minimum Gasteiger partial charge on any atom is -0.493 e.